The molecule has 7 nitrogen and oxygen atoms in total. The number of aromatic nitrogens is 7. The maximum atomic E-state index is 4.71. The van der Waals surface area contributed by atoms with E-state index in [-0.39, 0.29) is 0 Å². The maximum Gasteiger partial charge on any atom is 0.205 e. The van der Waals surface area contributed by atoms with Crippen LogP contribution in [0.4, 0.5) is 0 Å². The summed E-state index contributed by atoms with van der Waals surface area (Å²) in [5.41, 5.74) is 9.27. The number of aromatic amines is 1. The van der Waals surface area contributed by atoms with Crippen molar-refractivity contribution in [2.45, 2.75) is 19.8 Å². The molecule has 0 saturated heterocycles. The highest BCUT2D eigenvalue weighted by Gasteiger charge is 2.13. The van der Waals surface area contributed by atoms with E-state index < -0.39 is 0 Å². The van der Waals surface area contributed by atoms with Crippen LogP contribution in [0.5, 0.6) is 0 Å². The zero-order valence-corrected chi connectivity index (χ0v) is 21.1. The summed E-state index contributed by atoms with van der Waals surface area (Å²) in [6, 6.07) is 25.2. The zero-order valence-electron chi connectivity index (χ0n) is 20.3. The Balaban J connectivity index is 1.45. The third-order valence-corrected chi connectivity index (χ3v) is 6.85. The summed E-state index contributed by atoms with van der Waals surface area (Å²) in [6.07, 6.45) is 3.94. The minimum atomic E-state index is 0.416. The second-order valence-corrected chi connectivity index (χ2v) is 9.69. The second kappa shape index (κ2) is 9.83. The highest BCUT2D eigenvalue weighted by molar-refractivity contribution is 7.03. The van der Waals surface area contributed by atoms with Crippen molar-refractivity contribution in [3.63, 3.8) is 0 Å². The molecule has 3 aromatic carbocycles. The number of H-pyrrole nitrogens is 1. The van der Waals surface area contributed by atoms with Crippen LogP contribution in [0.3, 0.4) is 0 Å². The molecular weight excluding hydrogens is 478 g/mol. The Morgan fingerprint density at radius 3 is 2.57 bits per heavy atom. The molecular formula is C29H23N7S. The van der Waals surface area contributed by atoms with Gasteiger partial charge in [-0.05, 0) is 75.3 Å². The van der Waals surface area contributed by atoms with Crippen LogP contribution in [-0.2, 0) is 0 Å². The molecule has 0 bridgehead atoms. The highest BCUT2D eigenvalue weighted by Crippen LogP contribution is 2.33. The van der Waals surface area contributed by atoms with Gasteiger partial charge >= 0.3 is 0 Å². The van der Waals surface area contributed by atoms with Crippen molar-refractivity contribution in [2.75, 3.05) is 0 Å². The van der Waals surface area contributed by atoms with E-state index >= 15 is 0 Å². The lowest BCUT2D eigenvalue weighted by molar-refractivity contribution is 0.869. The number of rotatable bonds is 6. The Morgan fingerprint density at radius 2 is 1.81 bits per heavy atom. The van der Waals surface area contributed by atoms with E-state index in [9.17, 15) is 0 Å². The summed E-state index contributed by atoms with van der Waals surface area (Å²) in [5.74, 6) is 0.946. The first-order valence-electron chi connectivity index (χ1n) is 12.0. The molecule has 3 aromatic heterocycles. The first-order chi connectivity index (χ1) is 18.2. The van der Waals surface area contributed by atoms with Crippen LogP contribution < -0.4 is 0 Å². The second-order valence-electron chi connectivity index (χ2n) is 9.08. The van der Waals surface area contributed by atoms with E-state index in [1.807, 2.05) is 41.9 Å². The molecule has 0 aliphatic rings. The smallest absolute Gasteiger partial charge is 0.205 e. The fourth-order valence-electron chi connectivity index (χ4n) is 4.40. The molecule has 0 unspecified atom stereocenters. The predicted molar refractivity (Wildman–Crippen MR) is 148 cm³/mol. The van der Waals surface area contributed by atoms with Gasteiger partial charge in [0, 0.05) is 33.7 Å². The van der Waals surface area contributed by atoms with Crippen LogP contribution in [-0.4, -0.2) is 35.2 Å². The summed E-state index contributed by atoms with van der Waals surface area (Å²) in [7, 11) is 0. The van der Waals surface area contributed by atoms with E-state index in [0.717, 1.165) is 50.0 Å². The molecule has 0 atom stereocenters. The molecule has 3 heterocycles. The van der Waals surface area contributed by atoms with Gasteiger partial charge in [0.25, 0.3) is 0 Å². The van der Waals surface area contributed by atoms with Crippen LogP contribution in [0.25, 0.3) is 44.9 Å². The third-order valence-electron chi connectivity index (χ3n) is 6.34. The van der Waals surface area contributed by atoms with E-state index in [1.165, 1.54) is 17.1 Å². The first kappa shape index (κ1) is 22.9. The lowest BCUT2D eigenvalue weighted by Gasteiger charge is -2.13. The highest BCUT2D eigenvalue weighted by atomic mass is 32.1. The fourth-order valence-corrected chi connectivity index (χ4v) is 4.86. The van der Waals surface area contributed by atoms with Gasteiger partial charge in [0.1, 0.15) is 5.69 Å². The van der Waals surface area contributed by atoms with Crippen LogP contribution in [0.2, 0.25) is 0 Å². The van der Waals surface area contributed by atoms with Crippen LogP contribution in [0, 0.1) is 0 Å². The average molecular weight is 502 g/mol. The largest absolute Gasteiger partial charge is 0.256 e. The maximum absolute atomic E-state index is 4.71. The number of pyridine rings is 1. The van der Waals surface area contributed by atoms with E-state index in [2.05, 4.69) is 92.6 Å². The quantitative estimate of drug-likeness (QED) is 0.257. The average Bonchev–Trinajstić information content (AvgIpc) is 3.67. The molecule has 37 heavy (non-hydrogen) atoms. The molecule has 0 radical (unpaired) electrons. The number of hydrogen-bond acceptors (Lipinski definition) is 7. The Kier molecular flexibility index (Phi) is 6.08. The third kappa shape index (κ3) is 4.66. The van der Waals surface area contributed by atoms with Gasteiger partial charge in [-0.2, -0.15) is 5.21 Å². The molecule has 0 aliphatic carbocycles. The normalized spacial score (nSPS) is 11.9. The van der Waals surface area contributed by atoms with Crippen molar-refractivity contribution < 1.29 is 0 Å². The van der Waals surface area contributed by atoms with Crippen LogP contribution >= 0.6 is 11.5 Å². The van der Waals surface area contributed by atoms with E-state index in [4.69, 9.17) is 4.98 Å². The van der Waals surface area contributed by atoms with Crippen molar-refractivity contribution in [1.82, 2.24) is 35.2 Å². The van der Waals surface area contributed by atoms with Gasteiger partial charge in [-0.15, -0.1) is 15.3 Å². The molecule has 0 fully saturated rings. The van der Waals surface area contributed by atoms with Crippen molar-refractivity contribution in [1.29, 1.82) is 0 Å². The fraction of sp³-hybridized carbons (Fsp3) is 0.103. The van der Waals surface area contributed by atoms with Crippen LogP contribution in [0.15, 0.2) is 84.4 Å². The predicted octanol–water partition coefficient (Wildman–Crippen LogP) is 6.65. The van der Waals surface area contributed by atoms with Gasteiger partial charge in [-0.25, -0.2) is 0 Å². The number of hydrogen-bond donors (Lipinski definition) is 1. The minimum absolute atomic E-state index is 0.416. The van der Waals surface area contributed by atoms with Gasteiger partial charge in [-0.3, -0.25) is 4.98 Å². The molecule has 0 aliphatic heterocycles. The lowest BCUT2D eigenvalue weighted by Crippen LogP contribution is -1.93. The van der Waals surface area contributed by atoms with Gasteiger partial charge < -0.3 is 0 Å². The van der Waals surface area contributed by atoms with Gasteiger partial charge in [-0.1, -0.05) is 66.9 Å². The molecule has 180 valence electrons. The van der Waals surface area contributed by atoms with Crippen molar-refractivity contribution in [3.05, 3.63) is 107 Å². The molecule has 8 heteroatoms. The SMILES string of the molecule is CC(C)c1cc(-c2cccc(/C=C(/c3ccc(-c4csnn4)cc3)c3nn[nH]n3)c2)c2ncccc2c1. The standard InChI is InChI=1S/C29H23N7S/c1-18(2)24-15-23-7-4-12-30-28(23)25(16-24)22-6-3-5-19(13-22)14-26(29-32-34-35-33-29)20-8-10-21(11-9-20)27-17-37-36-31-27/h3-18H,1-2H3,(H,32,33,34,35)/b26-14-. The Morgan fingerprint density at radius 1 is 0.919 bits per heavy atom. The van der Waals surface area contributed by atoms with E-state index in [0.29, 0.717) is 11.7 Å². The molecule has 6 rings (SSSR count). The molecule has 1 N–H and O–H groups in total. The number of fused-ring (bicyclic) bond motifs is 1. The number of nitrogens with one attached hydrogen (secondary N) is 1. The Bertz CT molecular complexity index is 1690. The minimum Gasteiger partial charge on any atom is -0.256 e. The van der Waals surface area contributed by atoms with Gasteiger partial charge in [0.15, 0.2) is 0 Å². The van der Waals surface area contributed by atoms with Crippen molar-refractivity contribution in [3.8, 4) is 22.4 Å². The van der Waals surface area contributed by atoms with Crippen LogP contribution in [0.1, 0.15) is 42.3 Å². The molecule has 0 saturated carbocycles. The molecule has 6 aromatic rings. The summed E-state index contributed by atoms with van der Waals surface area (Å²) in [4.78, 5) is 4.71. The Labute approximate surface area is 218 Å². The lowest BCUT2D eigenvalue weighted by atomic mass is 9.93. The Hall–Kier alpha value is -4.56. The summed E-state index contributed by atoms with van der Waals surface area (Å²) in [6.45, 7) is 4.43. The van der Waals surface area contributed by atoms with Gasteiger partial charge in [0.2, 0.25) is 5.82 Å². The number of tetrazole rings is 1. The number of nitrogens with zero attached hydrogens (tertiary/aromatic N) is 6. The first-order valence-corrected chi connectivity index (χ1v) is 12.8. The topological polar surface area (TPSA) is 93.1 Å². The van der Waals surface area contributed by atoms with E-state index in [1.54, 1.807) is 0 Å². The van der Waals surface area contributed by atoms with Crippen molar-refractivity contribution in [2.24, 2.45) is 0 Å². The summed E-state index contributed by atoms with van der Waals surface area (Å²) >= 11 is 1.34. The monoisotopic (exact) mass is 501 g/mol. The molecule has 0 amide bonds. The summed E-state index contributed by atoms with van der Waals surface area (Å²) in [5, 5.41) is 22.1. The van der Waals surface area contributed by atoms with Crippen molar-refractivity contribution >= 4 is 34.1 Å². The zero-order chi connectivity index (χ0) is 25.2. The molecule has 0 spiro atoms. The summed E-state index contributed by atoms with van der Waals surface area (Å²) < 4.78 is 3.96. The van der Waals surface area contributed by atoms with Gasteiger partial charge in [0.05, 0.1) is 5.52 Å². The number of benzene rings is 3.